The van der Waals surface area contributed by atoms with E-state index in [0.29, 0.717) is 0 Å². The summed E-state index contributed by atoms with van der Waals surface area (Å²) in [6, 6.07) is 11.1. The van der Waals surface area contributed by atoms with Crippen molar-refractivity contribution in [3.05, 3.63) is 59.7 Å². The summed E-state index contributed by atoms with van der Waals surface area (Å²) >= 11 is 0. The van der Waals surface area contributed by atoms with Gasteiger partial charge in [-0.15, -0.1) is 0 Å². The van der Waals surface area contributed by atoms with Crippen LogP contribution in [0, 0.1) is 17.6 Å². The van der Waals surface area contributed by atoms with Crippen LogP contribution < -0.4 is 9.80 Å². The maximum atomic E-state index is 14.0. The van der Waals surface area contributed by atoms with E-state index in [1.54, 1.807) is 4.90 Å². The van der Waals surface area contributed by atoms with Gasteiger partial charge in [0.2, 0.25) is 11.8 Å². The van der Waals surface area contributed by atoms with Crippen LogP contribution in [0.3, 0.4) is 0 Å². The zero-order valence-corrected chi connectivity index (χ0v) is 14.3. The molecule has 2 amide bonds. The SMILES string of the molecule is CC1Cc2ccccc2N1C(=O)C1CC(=O)N(c2c(F)cccc2F)C1. The van der Waals surface area contributed by atoms with E-state index in [1.165, 1.54) is 6.07 Å². The monoisotopic (exact) mass is 356 g/mol. The van der Waals surface area contributed by atoms with Gasteiger partial charge in [-0.2, -0.15) is 0 Å². The van der Waals surface area contributed by atoms with E-state index in [0.717, 1.165) is 34.7 Å². The zero-order valence-electron chi connectivity index (χ0n) is 14.3. The molecule has 2 unspecified atom stereocenters. The molecule has 4 rings (SSSR count). The highest BCUT2D eigenvalue weighted by atomic mass is 19.1. The Bertz CT molecular complexity index is 879. The van der Waals surface area contributed by atoms with E-state index in [2.05, 4.69) is 0 Å². The Balaban J connectivity index is 1.61. The van der Waals surface area contributed by atoms with Crippen molar-refractivity contribution in [2.75, 3.05) is 16.3 Å². The third kappa shape index (κ3) is 2.57. The maximum Gasteiger partial charge on any atom is 0.232 e. The number of fused-ring (bicyclic) bond motifs is 1. The molecule has 0 spiro atoms. The number of nitrogens with zero attached hydrogens (tertiary/aromatic N) is 2. The van der Waals surface area contributed by atoms with Gasteiger partial charge in [0.05, 0.1) is 5.92 Å². The molecule has 2 atom stereocenters. The minimum Gasteiger partial charge on any atom is -0.309 e. The summed E-state index contributed by atoms with van der Waals surface area (Å²) < 4.78 is 28.1. The molecule has 2 heterocycles. The van der Waals surface area contributed by atoms with Crippen LogP contribution in [0.5, 0.6) is 0 Å². The second kappa shape index (κ2) is 6.20. The van der Waals surface area contributed by atoms with Crippen LogP contribution in [0.1, 0.15) is 18.9 Å². The summed E-state index contributed by atoms with van der Waals surface area (Å²) in [6.07, 6.45) is 0.715. The number of rotatable bonds is 2. The summed E-state index contributed by atoms with van der Waals surface area (Å²) in [5, 5.41) is 0. The number of hydrogen-bond acceptors (Lipinski definition) is 2. The lowest BCUT2D eigenvalue weighted by Gasteiger charge is -2.26. The van der Waals surface area contributed by atoms with Crippen molar-refractivity contribution in [3.63, 3.8) is 0 Å². The molecule has 0 saturated carbocycles. The molecule has 134 valence electrons. The van der Waals surface area contributed by atoms with Crippen molar-refractivity contribution in [2.24, 2.45) is 5.92 Å². The smallest absolute Gasteiger partial charge is 0.232 e. The van der Waals surface area contributed by atoms with E-state index in [4.69, 9.17) is 0 Å². The van der Waals surface area contributed by atoms with Gasteiger partial charge in [0.15, 0.2) is 0 Å². The van der Waals surface area contributed by atoms with Crippen LogP contribution in [0.2, 0.25) is 0 Å². The number of carbonyl (C=O) groups excluding carboxylic acids is 2. The predicted octanol–water partition coefficient (Wildman–Crippen LogP) is 3.30. The van der Waals surface area contributed by atoms with Gasteiger partial charge in [-0.1, -0.05) is 24.3 Å². The van der Waals surface area contributed by atoms with Gasteiger partial charge >= 0.3 is 0 Å². The van der Waals surface area contributed by atoms with Gasteiger partial charge in [0.1, 0.15) is 17.3 Å². The minimum absolute atomic E-state index is 0.00532. The Morgan fingerprint density at radius 1 is 1.04 bits per heavy atom. The number of carbonyl (C=O) groups is 2. The lowest BCUT2D eigenvalue weighted by Crippen LogP contribution is -2.41. The molecule has 1 saturated heterocycles. The number of halogens is 2. The topological polar surface area (TPSA) is 40.6 Å². The largest absolute Gasteiger partial charge is 0.309 e. The molecule has 2 aromatic rings. The second-order valence-electron chi connectivity index (χ2n) is 6.87. The first-order valence-electron chi connectivity index (χ1n) is 8.62. The van der Waals surface area contributed by atoms with Gasteiger partial charge < -0.3 is 9.80 Å². The fourth-order valence-corrected chi connectivity index (χ4v) is 3.93. The average Bonchev–Trinajstić information content (AvgIpc) is 3.14. The van der Waals surface area contributed by atoms with Crippen molar-refractivity contribution in [1.82, 2.24) is 0 Å². The van der Waals surface area contributed by atoms with E-state index in [-0.39, 0.29) is 30.6 Å². The highest BCUT2D eigenvalue weighted by molar-refractivity contribution is 6.05. The number of amides is 2. The number of hydrogen-bond donors (Lipinski definition) is 0. The first-order chi connectivity index (χ1) is 12.5. The van der Waals surface area contributed by atoms with Crippen LogP contribution in [-0.4, -0.2) is 24.4 Å². The Morgan fingerprint density at radius 2 is 1.73 bits per heavy atom. The number of anilines is 2. The minimum atomic E-state index is -0.800. The molecular formula is C20H18F2N2O2. The van der Waals surface area contributed by atoms with E-state index in [9.17, 15) is 18.4 Å². The van der Waals surface area contributed by atoms with Crippen LogP contribution in [0.15, 0.2) is 42.5 Å². The molecule has 6 heteroatoms. The standard InChI is InChI=1S/C20H18F2N2O2/c1-12-9-13-5-2-3-8-17(13)24(12)20(26)14-10-18(25)23(11-14)19-15(21)6-4-7-16(19)22/h2-8,12,14H,9-11H2,1H3. The molecule has 0 aliphatic carbocycles. The second-order valence-corrected chi connectivity index (χ2v) is 6.87. The predicted molar refractivity (Wildman–Crippen MR) is 93.9 cm³/mol. The van der Waals surface area contributed by atoms with E-state index >= 15 is 0 Å². The molecule has 1 fully saturated rings. The Labute approximate surface area is 150 Å². The zero-order chi connectivity index (χ0) is 18.4. The highest BCUT2D eigenvalue weighted by Gasteiger charge is 2.42. The van der Waals surface area contributed by atoms with Crippen molar-refractivity contribution >= 4 is 23.2 Å². The molecule has 2 aliphatic heterocycles. The molecular weight excluding hydrogens is 338 g/mol. The molecule has 0 aromatic heterocycles. The molecule has 0 bridgehead atoms. The average molecular weight is 356 g/mol. The molecule has 0 radical (unpaired) electrons. The first-order valence-corrected chi connectivity index (χ1v) is 8.62. The van der Waals surface area contributed by atoms with E-state index in [1.807, 2.05) is 31.2 Å². The molecule has 2 aromatic carbocycles. The van der Waals surface area contributed by atoms with E-state index < -0.39 is 23.5 Å². The summed E-state index contributed by atoms with van der Waals surface area (Å²) in [4.78, 5) is 28.2. The van der Waals surface area contributed by atoms with Gasteiger partial charge in [-0.25, -0.2) is 8.78 Å². The summed E-state index contributed by atoms with van der Waals surface area (Å²) in [5.74, 6) is -2.82. The van der Waals surface area contributed by atoms with Crippen LogP contribution >= 0.6 is 0 Å². The van der Waals surface area contributed by atoms with Crippen molar-refractivity contribution < 1.29 is 18.4 Å². The summed E-state index contributed by atoms with van der Waals surface area (Å²) in [5.41, 5.74) is 1.57. The van der Waals surface area contributed by atoms with Gasteiger partial charge in [0.25, 0.3) is 0 Å². The molecule has 2 aliphatic rings. The Kier molecular flexibility index (Phi) is 3.98. The Hall–Kier alpha value is -2.76. The maximum absolute atomic E-state index is 14.0. The summed E-state index contributed by atoms with van der Waals surface area (Å²) in [7, 11) is 0. The third-order valence-electron chi connectivity index (χ3n) is 5.13. The van der Waals surface area contributed by atoms with Crippen molar-refractivity contribution in [1.29, 1.82) is 0 Å². The first kappa shape index (κ1) is 16.7. The highest BCUT2D eigenvalue weighted by Crippen LogP contribution is 2.36. The fourth-order valence-electron chi connectivity index (χ4n) is 3.93. The van der Waals surface area contributed by atoms with Crippen LogP contribution in [-0.2, 0) is 16.0 Å². The number of benzene rings is 2. The third-order valence-corrected chi connectivity index (χ3v) is 5.13. The summed E-state index contributed by atoms with van der Waals surface area (Å²) in [6.45, 7) is 1.95. The van der Waals surface area contributed by atoms with Gasteiger partial charge in [-0.05, 0) is 37.1 Å². The molecule has 26 heavy (non-hydrogen) atoms. The molecule has 0 N–H and O–H groups in total. The fraction of sp³-hybridized carbons (Fsp3) is 0.300. The van der Waals surface area contributed by atoms with Gasteiger partial charge in [-0.3, -0.25) is 9.59 Å². The lowest BCUT2D eigenvalue weighted by molar-refractivity contribution is -0.124. The van der Waals surface area contributed by atoms with Crippen LogP contribution in [0.25, 0.3) is 0 Å². The lowest BCUT2D eigenvalue weighted by atomic mass is 10.1. The van der Waals surface area contributed by atoms with Crippen LogP contribution in [0.4, 0.5) is 20.2 Å². The van der Waals surface area contributed by atoms with Crippen molar-refractivity contribution in [3.8, 4) is 0 Å². The van der Waals surface area contributed by atoms with Crippen molar-refractivity contribution in [2.45, 2.75) is 25.8 Å². The number of para-hydroxylation sites is 2. The molecule has 4 nitrogen and oxygen atoms in total. The quantitative estimate of drug-likeness (QED) is 0.828. The van der Waals surface area contributed by atoms with Gasteiger partial charge in [0, 0.05) is 24.7 Å². The Morgan fingerprint density at radius 3 is 2.46 bits per heavy atom. The normalized spacial score (nSPS) is 22.0.